The van der Waals surface area contributed by atoms with Gasteiger partial charge in [-0.2, -0.15) is 17.6 Å². The largest absolute Gasteiger partial charge is 0.269 e. The molecule has 8 heteroatoms. The third-order valence-electron chi connectivity index (χ3n) is 4.81. The van der Waals surface area contributed by atoms with Crippen molar-refractivity contribution in [1.29, 1.82) is 0 Å². The molecular formula is C18H4F4N4. The average Bonchev–Trinajstić information content (AvgIpc) is 3.09. The SMILES string of the molecule is Fc1nc2c(nc1F)-c1ccc3c4c(ccc-2c14)-c1nc(F)c(F)nc1-3. The minimum absolute atomic E-state index is 0.233. The molecule has 0 spiro atoms. The van der Waals surface area contributed by atoms with E-state index in [1.54, 1.807) is 24.3 Å². The van der Waals surface area contributed by atoms with Crippen LogP contribution < -0.4 is 0 Å². The van der Waals surface area contributed by atoms with Gasteiger partial charge in [-0.3, -0.25) is 0 Å². The van der Waals surface area contributed by atoms with Gasteiger partial charge in [0.25, 0.3) is 23.8 Å². The maximum atomic E-state index is 13.6. The minimum Gasteiger partial charge on any atom is -0.213 e. The average molecular weight is 352 g/mol. The van der Waals surface area contributed by atoms with Crippen molar-refractivity contribution in [2.75, 3.05) is 0 Å². The van der Waals surface area contributed by atoms with E-state index >= 15 is 0 Å². The van der Waals surface area contributed by atoms with Gasteiger partial charge in [0.15, 0.2) is 0 Å². The van der Waals surface area contributed by atoms with Crippen molar-refractivity contribution in [2.24, 2.45) is 0 Å². The molecule has 0 aliphatic heterocycles. The van der Waals surface area contributed by atoms with Gasteiger partial charge in [-0.25, -0.2) is 19.9 Å². The number of aromatic nitrogens is 4. The molecule has 4 nitrogen and oxygen atoms in total. The summed E-state index contributed by atoms with van der Waals surface area (Å²) in [6, 6.07) is 6.67. The van der Waals surface area contributed by atoms with Crippen LogP contribution in [0.25, 0.3) is 55.8 Å². The molecular weight excluding hydrogens is 348 g/mol. The van der Waals surface area contributed by atoms with Crippen LogP contribution in [-0.2, 0) is 0 Å². The Morgan fingerprint density at radius 1 is 0.423 bits per heavy atom. The van der Waals surface area contributed by atoms with E-state index in [-0.39, 0.29) is 22.8 Å². The topological polar surface area (TPSA) is 51.6 Å². The molecule has 0 saturated carbocycles. The second-order valence-electron chi connectivity index (χ2n) is 6.08. The smallest absolute Gasteiger partial charge is 0.213 e. The maximum absolute atomic E-state index is 13.6. The molecule has 124 valence electrons. The standard InChI is InChI=1S/C18H4F4N4/c19-15-16(20)25-13-7-3-4-8-10-6(2-1-5(9(7)10)11(13)23-15)12-14(8)26-18(22)17(21)24-12/h1-4H. The van der Waals surface area contributed by atoms with E-state index in [9.17, 15) is 17.6 Å². The van der Waals surface area contributed by atoms with E-state index in [0.29, 0.717) is 33.0 Å². The molecule has 0 radical (unpaired) electrons. The fourth-order valence-corrected chi connectivity index (χ4v) is 3.82. The predicted octanol–water partition coefficient (Wildman–Crippen LogP) is 4.27. The Balaban J connectivity index is 1.79. The van der Waals surface area contributed by atoms with E-state index in [0.717, 1.165) is 0 Å². The van der Waals surface area contributed by atoms with Crippen molar-refractivity contribution in [2.45, 2.75) is 0 Å². The fourth-order valence-electron chi connectivity index (χ4n) is 3.82. The van der Waals surface area contributed by atoms with Gasteiger partial charge in [0.2, 0.25) is 0 Å². The summed E-state index contributed by atoms with van der Waals surface area (Å²) in [5, 5.41) is 1.33. The van der Waals surface area contributed by atoms with Gasteiger partial charge in [-0.15, -0.1) is 0 Å². The first-order valence-corrected chi connectivity index (χ1v) is 7.62. The lowest BCUT2D eigenvalue weighted by Crippen LogP contribution is -1.98. The van der Waals surface area contributed by atoms with Gasteiger partial charge in [0.1, 0.15) is 22.8 Å². The van der Waals surface area contributed by atoms with Crippen molar-refractivity contribution in [3.8, 4) is 45.0 Å². The van der Waals surface area contributed by atoms with Crippen LogP contribution in [0.5, 0.6) is 0 Å². The first kappa shape index (κ1) is 13.8. The summed E-state index contributed by atoms with van der Waals surface area (Å²) in [6.07, 6.45) is 0. The van der Waals surface area contributed by atoms with E-state index in [1.165, 1.54) is 0 Å². The predicted molar refractivity (Wildman–Crippen MR) is 83.8 cm³/mol. The van der Waals surface area contributed by atoms with Crippen LogP contribution in [0.4, 0.5) is 17.6 Å². The molecule has 0 fully saturated rings. The maximum Gasteiger partial charge on any atom is 0.269 e. The summed E-state index contributed by atoms with van der Waals surface area (Å²) in [6.45, 7) is 0. The minimum atomic E-state index is -1.28. The van der Waals surface area contributed by atoms with Gasteiger partial charge in [-0.05, 0) is 0 Å². The Morgan fingerprint density at radius 3 is 0.885 bits per heavy atom. The molecule has 26 heavy (non-hydrogen) atoms. The zero-order chi connectivity index (χ0) is 17.7. The molecule has 4 aromatic rings. The quantitative estimate of drug-likeness (QED) is 0.383. The number of nitrogens with zero attached hydrogens (tertiary/aromatic N) is 4. The van der Waals surface area contributed by atoms with Gasteiger partial charge < -0.3 is 0 Å². The molecule has 2 aromatic heterocycles. The molecule has 2 heterocycles. The third-order valence-corrected chi connectivity index (χ3v) is 4.81. The highest BCUT2D eigenvalue weighted by Gasteiger charge is 2.33. The van der Waals surface area contributed by atoms with Crippen LogP contribution in [0.3, 0.4) is 0 Å². The van der Waals surface area contributed by atoms with Crippen LogP contribution in [-0.4, -0.2) is 19.9 Å². The Morgan fingerprint density at radius 2 is 0.654 bits per heavy atom. The van der Waals surface area contributed by atoms with Crippen LogP contribution in [0, 0.1) is 23.8 Å². The lowest BCUT2D eigenvalue weighted by molar-refractivity contribution is 0.455. The third kappa shape index (κ3) is 1.42. The van der Waals surface area contributed by atoms with E-state index in [1.807, 2.05) is 0 Å². The first-order chi connectivity index (χ1) is 12.5. The van der Waals surface area contributed by atoms with Gasteiger partial charge >= 0.3 is 0 Å². The number of hydrogen-bond acceptors (Lipinski definition) is 4. The highest BCUT2D eigenvalue weighted by atomic mass is 19.2. The summed E-state index contributed by atoms with van der Waals surface area (Å²) in [5.41, 5.74) is 3.25. The molecule has 6 rings (SSSR count). The first-order valence-electron chi connectivity index (χ1n) is 7.62. The van der Waals surface area contributed by atoms with E-state index in [2.05, 4.69) is 19.9 Å². The number of benzene rings is 2. The van der Waals surface area contributed by atoms with Crippen molar-refractivity contribution >= 4 is 10.8 Å². The molecule has 2 aliphatic rings. The fraction of sp³-hybridized carbons (Fsp3) is 0. The Labute approximate surface area is 142 Å². The molecule has 0 N–H and O–H groups in total. The summed E-state index contributed by atoms with van der Waals surface area (Å²) < 4.78 is 54.4. The molecule has 2 aliphatic carbocycles. The van der Waals surface area contributed by atoms with Crippen molar-refractivity contribution in [3.05, 3.63) is 48.1 Å². The second-order valence-corrected chi connectivity index (χ2v) is 6.08. The van der Waals surface area contributed by atoms with E-state index in [4.69, 9.17) is 0 Å². The summed E-state index contributed by atoms with van der Waals surface area (Å²) in [5.74, 6) is -5.11. The van der Waals surface area contributed by atoms with Gasteiger partial charge in [0, 0.05) is 33.0 Å². The molecule has 0 saturated heterocycles. The van der Waals surface area contributed by atoms with Crippen LogP contribution in [0.1, 0.15) is 0 Å². The number of rotatable bonds is 0. The monoisotopic (exact) mass is 352 g/mol. The van der Waals surface area contributed by atoms with E-state index < -0.39 is 23.8 Å². The normalized spacial score (nSPS) is 12.6. The number of hydrogen-bond donors (Lipinski definition) is 0. The highest BCUT2D eigenvalue weighted by molar-refractivity contribution is 6.24. The van der Waals surface area contributed by atoms with Crippen LogP contribution >= 0.6 is 0 Å². The van der Waals surface area contributed by atoms with Gasteiger partial charge in [0.05, 0.1) is 0 Å². The van der Waals surface area contributed by atoms with Crippen LogP contribution in [0.2, 0.25) is 0 Å². The molecule has 0 atom stereocenters. The summed E-state index contributed by atoms with van der Waals surface area (Å²) in [7, 11) is 0. The van der Waals surface area contributed by atoms with Crippen molar-refractivity contribution in [3.63, 3.8) is 0 Å². The van der Waals surface area contributed by atoms with Crippen molar-refractivity contribution in [1.82, 2.24) is 19.9 Å². The Hall–Kier alpha value is -3.42. The second kappa shape index (κ2) is 4.21. The lowest BCUT2D eigenvalue weighted by Gasteiger charge is -2.04. The Kier molecular flexibility index (Phi) is 2.24. The van der Waals surface area contributed by atoms with Gasteiger partial charge in [-0.1, -0.05) is 24.3 Å². The Bertz CT molecular complexity index is 1130. The molecule has 0 amide bonds. The van der Waals surface area contributed by atoms with Crippen molar-refractivity contribution < 1.29 is 17.6 Å². The molecule has 0 unspecified atom stereocenters. The number of fused-ring (bicyclic) bond motifs is 6. The summed E-state index contributed by atoms with van der Waals surface area (Å²) in [4.78, 5) is 14.8. The summed E-state index contributed by atoms with van der Waals surface area (Å²) >= 11 is 0. The van der Waals surface area contributed by atoms with Crippen LogP contribution in [0.15, 0.2) is 24.3 Å². The number of halogens is 4. The highest BCUT2D eigenvalue weighted by Crippen LogP contribution is 2.54. The zero-order valence-corrected chi connectivity index (χ0v) is 12.6. The molecule has 2 aromatic carbocycles. The molecule has 0 bridgehead atoms. The lowest BCUT2D eigenvalue weighted by atomic mass is 9.99. The zero-order valence-electron chi connectivity index (χ0n) is 12.6.